The number of rotatable bonds is 7. The second-order valence-electron chi connectivity index (χ2n) is 7.25. The van der Waals surface area contributed by atoms with Crippen molar-refractivity contribution in [3.8, 4) is 16.3 Å². The molecule has 1 unspecified atom stereocenters. The molecule has 1 saturated heterocycles. The highest BCUT2D eigenvalue weighted by Crippen LogP contribution is 2.31. The zero-order valence-electron chi connectivity index (χ0n) is 17.0. The van der Waals surface area contributed by atoms with E-state index in [2.05, 4.69) is 26.6 Å². The number of thiazole rings is 1. The van der Waals surface area contributed by atoms with Crippen molar-refractivity contribution in [2.45, 2.75) is 18.9 Å². The molecule has 2 amide bonds. The number of urea groups is 1. The molecule has 1 atom stereocenters. The van der Waals surface area contributed by atoms with Crippen LogP contribution in [0, 0.1) is 0 Å². The fraction of sp³-hybridized carbons (Fsp3) is 0.304. The van der Waals surface area contributed by atoms with Gasteiger partial charge in [0.05, 0.1) is 13.2 Å². The minimum absolute atomic E-state index is 0.0849. The molecule has 0 aliphatic carbocycles. The third-order valence-electron chi connectivity index (χ3n) is 5.36. The van der Waals surface area contributed by atoms with E-state index in [0.717, 1.165) is 40.7 Å². The molecule has 2 aromatic carbocycles. The molecule has 0 bridgehead atoms. The van der Waals surface area contributed by atoms with Crippen LogP contribution in [0.5, 0.6) is 5.75 Å². The van der Waals surface area contributed by atoms with Crippen LogP contribution in [0.2, 0.25) is 0 Å². The molecule has 1 aliphatic heterocycles. The van der Waals surface area contributed by atoms with Gasteiger partial charge in [0, 0.05) is 34.9 Å². The molecule has 0 spiro atoms. The van der Waals surface area contributed by atoms with Crippen molar-refractivity contribution < 1.29 is 9.53 Å². The van der Waals surface area contributed by atoms with Crippen molar-refractivity contribution in [3.63, 3.8) is 0 Å². The number of likely N-dealkylation sites (tertiary alicyclic amines) is 1. The number of methoxy groups -OCH3 is 1. The van der Waals surface area contributed by atoms with E-state index in [0.29, 0.717) is 6.54 Å². The Kier molecular flexibility index (Phi) is 6.61. The topological polar surface area (TPSA) is 66.5 Å². The summed E-state index contributed by atoms with van der Waals surface area (Å²) in [6.45, 7) is 2.58. The Hall–Kier alpha value is -2.90. The third kappa shape index (κ3) is 4.80. The number of carbonyl (C=O) groups is 1. The first-order valence-electron chi connectivity index (χ1n) is 10.2. The number of para-hydroxylation sites is 1. The van der Waals surface area contributed by atoms with E-state index in [4.69, 9.17) is 4.74 Å². The third-order valence-corrected chi connectivity index (χ3v) is 6.18. The normalized spacial score (nSPS) is 15.0. The van der Waals surface area contributed by atoms with Gasteiger partial charge in [-0.25, -0.2) is 9.78 Å². The molecule has 7 heteroatoms. The molecule has 156 valence electrons. The SMILES string of the molecule is COc1ccccc1C(CNC(=O)Nc1ccc(-c2nccs2)cc1)N1CCCC1. The highest BCUT2D eigenvalue weighted by molar-refractivity contribution is 7.13. The molecule has 2 N–H and O–H groups in total. The number of nitrogens with zero attached hydrogens (tertiary/aromatic N) is 2. The molecular weight excluding hydrogens is 396 g/mol. The van der Waals surface area contributed by atoms with Crippen LogP contribution in [0.15, 0.2) is 60.1 Å². The molecule has 6 nitrogen and oxygen atoms in total. The first kappa shape index (κ1) is 20.4. The van der Waals surface area contributed by atoms with Crippen LogP contribution in [-0.4, -0.2) is 42.7 Å². The van der Waals surface area contributed by atoms with Crippen LogP contribution in [-0.2, 0) is 0 Å². The maximum absolute atomic E-state index is 12.5. The summed E-state index contributed by atoms with van der Waals surface area (Å²) in [6.07, 6.45) is 4.16. The summed E-state index contributed by atoms with van der Waals surface area (Å²) >= 11 is 1.59. The van der Waals surface area contributed by atoms with Crippen molar-refractivity contribution in [2.24, 2.45) is 0 Å². The number of carbonyl (C=O) groups excluding carboxylic acids is 1. The quantitative estimate of drug-likeness (QED) is 0.575. The van der Waals surface area contributed by atoms with Crippen molar-refractivity contribution in [3.05, 3.63) is 65.7 Å². The summed E-state index contributed by atoms with van der Waals surface area (Å²) in [5, 5.41) is 8.89. The molecule has 3 aromatic rings. The zero-order valence-corrected chi connectivity index (χ0v) is 17.8. The van der Waals surface area contributed by atoms with E-state index < -0.39 is 0 Å². The van der Waals surface area contributed by atoms with Crippen molar-refractivity contribution in [1.29, 1.82) is 0 Å². The summed E-state index contributed by atoms with van der Waals surface area (Å²) in [7, 11) is 1.69. The van der Waals surface area contributed by atoms with Gasteiger partial charge < -0.3 is 15.4 Å². The van der Waals surface area contributed by atoms with Gasteiger partial charge in [-0.2, -0.15) is 0 Å². The lowest BCUT2D eigenvalue weighted by Crippen LogP contribution is -2.38. The van der Waals surface area contributed by atoms with Crippen LogP contribution in [0.1, 0.15) is 24.4 Å². The van der Waals surface area contributed by atoms with Crippen LogP contribution in [0.25, 0.3) is 10.6 Å². The van der Waals surface area contributed by atoms with Gasteiger partial charge in [-0.05, 0) is 56.3 Å². The number of aromatic nitrogens is 1. The Morgan fingerprint density at radius 1 is 1.17 bits per heavy atom. The number of anilines is 1. The van der Waals surface area contributed by atoms with Crippen LogP contribution in [0.4, 0.5) is 10.5 Å². The van der Waals surface area contributed by atoms with Crippen molar-refractivity contribution >= 4 is 23.1 Å². The Bertz CT molecular complexity index is 954. The number of amides is 2. The predicted molar refractivity (Wildman–Crippen MR) is 121 cm³/mol. The zero-order chi connectivity index (χ0) is 20.8. The molecule has 1 fully saturated rings. The number of benzene rings is 2. The first-order valence-corrected chi connectivity index (χ1v) is 11.0. The summed E-state index contributed by atoms with van der Waals surface area (Å²) in [4.78, 5) is 19.3. The Balaban J connectivity index is 1.40. The van der Waals surface area contributed by atoms with Gasteiger partial charge in [-0.15, -0.1) is 11.3 Å². The minimum atomic E-state index is -0.212. The highest BCUT2D eigenvalue weighted by atomic mass is 32.1. The second-order valence-corrected chi connectivity index (χ2v) is 8.15. The maximum atomic E-state index is 12.5. The molecule has 4 rings (SSSR count). The minimum Gasteiger partial charge on any atom is -0.496 e. The van der Waals surface area contributed by atoms with E-state index >= 15 is 0 Å². The predicted octanol–water partition coefficient (Wildman–Crippen LogP) is 4.78. The highest BCUT2D eigenvalue weighted by Gasteiger charge is 2.26. The molecule has 0 radical (unpaired) electrons. The second kappa shape index (κ2) is 9.73. The summed E-state index contributed by atoms with van der Waals surface area (Å²) < 4.78 is 5.57. The lowest BCUT2D eigenvalue weighted by Gasteiger charge is -2.29. The lowest BCUT2D eigenvalue weighted by atomic mass is 10.0. The van der Waals surface area contributed by atoms with Gasteiger partial charge in [0.1, 0.15) is 10.8 Å². The van der Waals surface area contributed by atoms with Gasteiger partial charge in [0.2, 0.25) is 0 Å². The summed E-state index contributed by atoms with van der Waals surface area (Å²) in [5.74, 6) is 0.856. The van der Waals surface area contributed by atoms with Gasteiger partial charge in [-0.1, -0.05) is 18.2 Å². The van der Waals surface area contributed by atoms with Crippen LogP contribution in [0.3, 0.4) is 0 Å². The van der Waals surface area contributed by atoms with Crippen LogP contribution < -0.4 is 15.4 Å². The number of ether oxygens (including phenoxy) is 1. The van der Waals surface area contributed by atoms with Gasteiger partial charge in [0.25, 0.3) is 0 Å². The Labute approximate surface area is 180 Å². The fourth-order valence-corrected chi connectivity index (χ4v) is 4.50. The van der Waals surface area contributed by atoms with E-state index in [1.165, 1.54) is 12.8 Å². The lowest BCUT2D eigenvalue weighted by molar-refractivity contribution is 0.224. The fourth-order valence-electron chi connectivity index (χ4n) is 3.86. The molecule has 1 aromatic heterocycles. The molecule has 30 heavy (non-hydrogen) atoms. The number of nitrogens with one attached hydrogen (secondary N) is 2. The van der Waals surface area contributed by atoms with E-state index in [1.807, 2.05) is 47.8 Å². The van der Waals surface area contributed by atoms with E-state index in [9.17, 15) is 4.79 Å². The van der Waals surface area contributed by atoms with Crippen molar-refractivity contribution in [2.75, 3.05) is 32.1 Å². The van der Waals surface area contributed by atoms with E-state index in [1.54, 1.807) is 24.6 Å². The Morgan fingerprint density at radius 3 is 2.63 bits per heavy atom. The van der Waals surface area contributed by atoms with Gasteiger partial charge in [0.15, 0.2) is 0 Å². The standard InChI is InChI=1S/C23H26N4O2S/c1-29-21-7-3-2-6-19(21)20(27-13-4-5-14-27)16-25-23(28)26-18-10-8-17(9-11-18)22-24-12-15-30-22/h2-3,6-12,15,20H,4-5,13-14,16H2,1H3,(H2,25,26,28). The van der Waals surface area contributed by atoms with Gasteiger partial charge in [-0.3, -0.25) is 4.90 Å². The average Bonchev–Trinajstić information content (AvgIpc) is 3.49. The number of hydrogen-bond donors (Lipinski definition) is 2. The largest absolute Gasteiger partial charge is 0.496 e. The molecule has 1 aliphatic rings. The maximum Gasteiger partial charge on any atom is 0.319 e. The first-order chi connectivity index (χ1) is 14.7. The van der Waals surface area contributed by atoms with E-state index in [-0.39, 0.29) is 12.1 Å². The molecule has 0 saturated carbocycles. The van der Waals surface area contributed by atoms with Crippen LogP contribution >= 0.6 is 11.3 Å². The smallest absolute Gasteiger partial charge is 0.319 e. The average molecular weight is 423 g/mol. The Morgan fingerprint density at radius 2 is 1.93 bits per heavy atom. The monoisotopic (exact) mass is 422 g/mol. The summed E-state index contributed by atoms with van der Waals surface area (Å²) in [5.41, 5.74) is 2.90. The molecular formula is C23H26N4O2S. The number of hydrogen-bond acceptors (Lipinski definition) is 5. The molecule has 2 heterocycles. The van der Waals surface area contributed by atoms with Crippen molar-refractivity contribution in [1.82, 2.24) is 15.2 Å². The van der Waals surface area contributed by atoms with Gasteiger partial charge >= 0.3 is 6.03 Å². The summed E-state index contributed by atoms with van der Waals surface area (Å²) in [6, 6.07) is 15.7.